The average Bonchev–Trinajstić information content (AvgIpc) is 2.80. The molecule has 178 valence electrons. The predicted octanol–water partition coefficient (Wildman–Crippen LogP) is 4.16. The summed E-state index contributed by atoms with van der Waals surface area (Å²) in [6.45, 7) is 0. The lowest BCUT2D eigenvalue weighted by Gasteiger charge is -2.20. The second-order valence-corrected chi connectivity index (χ2v) is 8.23. The van der Waals surface area contributed by atoms with E-state index in [1.54, 1.807) is 0 Å². The van der Waals surface area contributed by atoms with Gasteiger partial charge in [0.1, 0.15) is 0 Å². The molecular formula is C26H14O10. The Morgan fingerprint density at radius 1 is 0.472 bits per heavy atom. The minimum Gasteiger partial charge on any atom is -0.481 e. The first-order valence-electron chi connectivity index (χ1n) is 10.4. The SMILES string of the molecule is O=C(O)Cc1cc(C(=O)O)c2c(C(=O)O)ccc3c4ccc(C(=O)O)c5c(C(=O)O)ccc(c1c23)c54. The number of fused-ring (bicyclic) bond motifs is 2. The summed E-state index contributed by atoms with van der Waals surface area (Å²) in [6.07, 6.45) is -0.613. The lowest BCUT2D eigenvalue weighted by Crippen LogP contribution is -2.10. The second-order valence-electron chi connectivity index (χ2n) is 8.23. The molecule has 0 unspecified atom stereocenters. The topological polar surface area (TPSA) is 186 Å². The van der Waals surface area contributed by atoms with Crippen molar-refractivity contribution in [1.29, 1.82) is 0 Å². The number of aliphatic carboxylic acids is 1. The summed E-state index contributed by atoms with van der Waals surface area (Å²) in [5.41, 5.74) is -1.20. The standard InChI is InChI=1S/C26H14O10/c27-17(28)8-9-7-16(26(35)36)21-15(25(33)34)5-2-11-10-1-4-13(23(29)30)20-14(24(31)32)6-3-12(19(10)20)18(9)22(11)21/h1-7H,8H2,(H,27,28)(H,29,30)(H,31,32)(H,33,34)(H,35,36). The minimum absolute atomic E-state index is 0.0620. The Morgan fingerprint density at radius 3 is 1.33 bits per heavy atom. The maximum atomic E-state index is 12.2. The van der Waals surface area contributed by atoms with E-state index >= 15 is 0 Å². The van der Waals surface area contributed by atoms with Gasteiger partial charge >= 0.3 is 29.8 Å². The first-order chi connectivity index (χ1) is 17.0. The molecule has 5 N–H and O–H groups in total. The Morgan fingerprint density at radius 2 is 0.889 bits per heavy atom. The van der Waals surface area contributed by atoms with Crippen molar-refractivity contribution in [2.24, 2.45) is 0 Å². The molecule has 0 bridgehead atoms. The highest BCUT2D eigenvalue weighted by atomic mass is 16.4. The first-order valence-corrected chi connectivity index (χ1v) is 10.4. The van der Waals surface area contributed by atoms with Gasteiger partial charge in [0, 0.05) is 10.8 Å². The van der Waals surface area contributed by atoms with Crippen molar-refractivity contribution < 1.29 is 49.5 Å². The number of benzene rings is 5. The van der Waals surface area contributed by atoms with Gasteiger partial charge in [0.05, 0.1) is 28.7 Å². The number of carboxylic acid groups (broad SMARTS) is 5. The number of aromatic carboxylic acids is 4. The molecule has 10 nitrogen and oxygen atoms in total. The molecule has 0 saturated carbocycles. The number of carboxylic acids is 5. The fourth-order valence-corrected chi connectivity index (χ4v) is 5.09. The Kier molecular flexibility index (Phi) is 4.78. The highest BCUT2D eigenvalue weighted by Crippen LogP contribution is 2.45. The van der Waals surface area contributed by atoms with Crippen LogP contribution in [0.15, 0.2) is 42.5 Å². The number of rotatable bonds is 6. The van der Waals surface area contributed by atoms with Crippen LogP contribution in [0.2, 0.25) is 0 Å². The van der Waals surface area contributed by atoms with Crippen LogP contribution in [0.1, 0.15) is 47.0 Å². The van der Waals surface area contributed by atoms with Crippen molar-refractivity contribution in [3.63, 3.8) is 0 Å². The van der Waals surface area contributed by atoms with Gasteiger partial charge in [-0.1, -0.05) is 18.2 Å². The monoisotopic (exact) mass is 486 g/mol. The van der Waals surface area contributed by atoms with Crippen LogP contribution in [0.5, 0.6) is 0 Å². The number of hydrogen-bond acceptors (Lipinski definition) is 5. The number of hydrogen-bond donors (Lipinski definition) is 5. The van der Waals surface area contributed by atoms with E-state index in [4.69, 9.17) is 0 Å². The lowest BCUT2D eigenvalue weighted by molar-refractivity contribution is -0.136. The summed E-state index contributed by atoms with van der Waals surface area (Å²) in [5.74, 6) is -6.86. The minimum atomic E-state index is -1.45. The largest absolute Gasteiger partial charge is 0.481 e. The second kappa shape index (κ2) is 7.64. The van der Waals surface area contributed by atoms with Crippen molar-refractivity contribution in [2.45, 2.75) is 6.42 Å². The summed E-state index contributed by atoms with van der Waals surface area (Å²) in [4.78, 5) is 59.9. The van der Waals surface area contributed by atoms with E-state index in [1.807, 2.05) is 0 Å². The molecule has 0 atom stereocenters. The number of carbonyl (C=O) groups is 5. The Balaban J connectivity index is 2.21. The lowest BCUT2D eigenvalue weighted by atomic mass is 9.82. The fourth-order valence-electron chi connectivity index (χ4n) is 5.09. The normalized spacial score (nSPS) is 11.4. The quantitative estimate of drug-likeness (QED) is 0.172. The van der Waals surface area contributed by atoms with E-state index < -0.39 is 41.8 Å². The summed E-state index contributed by atoms with van der Waals surface area (Å²) >= 11 is 0. The molecule has 5 aromatic carbocycles. The van der Waals surface area contributed by atoms with Gasteiger partial charge < -0.3 is 25.5 Å². The van der Waals surface area contributed by atoms with E-state index in [9.17, 15) is 49.5 Å². The molecule has 0 aromatic heterocycles. The maximum Gasteiger partial charge on any atom is 0.336 e. The molecule has 0 aliphatic heterocycles. The van der Waals surface area contributed by atoms with Gasteiger partial charge in [-0.3, -0.25) is 4.79 Å². The van der Waals surface area contributed by atoms with Crippen LogP contribution in [-0.2, 0) is 11.2 Å². The van der Waals surface area contributed by atoms with Crippen molar-refractivity contribution in [2.75, 3.05) is 0 Å². The summed E-state index contributed by atoms with van der Waals surface area (Å²) in [7, 11) is 0. The average molecular weight is 486 g/mol. The van der Waals surface area contributed by atoms with Crippen LogP contribution in [0, 0.1) is 0 Å². The Hall–Kier alpha value is -5.25. The summed E-state index contributed by atoms with van der Waals surface area (Å²) < 4.78 is 0. The van der Waals surface area contributed by atoms with E-state index in [0.29, 0.717) is 10.8 Å². The Bertz CT molecular complexity index is 1830. The van der Waals surface area contributed by atoms with Crippen molar-refractivity contribution in [3.8, 4) is 0 Å². The zero-order valence-corrected chi connectivity index (χ0v) is 18.0. The van der Waals surface area contributed by atoms with Crippen LogP contribution in [0.3, 0.4) is 0 Å². The molecule has 0 aliphatic carbocycles. The molecule has 0 saturated heterocycles. The third-order valence-corrected chi connectivity index (χ3v) is 6.35. The van der Waals surface area contributed by atoms with E-state index in [-0.39, 0.29) is 54.6 Å². The van der Waals surface area contributed by atoms with Gasteiger partial charge in [-0.15, -0.1) is 0 Å². The highest BCUT2D eigenvalue weighted by Gasteiger charge is 2.27. The molecule has 5 rings (SSSR count). The van der Waals surface area contributed by atoms with E-state index in [2.05, 4.69) is 0 Å². The molecule has 0 spiro atoms. The molecule has 10 heteroatoms. The van der Waals surface area contributed by atoms with Crippen molar-refractivity contribution >= 4 is 72.9 Å². The maximum absolute atomic E-state index is 12.2. The Labute approximate surface area is 199 Å². The fraction of sp³-hybridized carbons (Fsp3) is 0.0385. The first kappa shape index (κ1) is 22.5. The van der Waals surface area contributed by atoms with Crippen LogP contribution in [0.25, 0.3) is 43.1 Å². The van der Waals surface area contributed by atoms with Crippen LogP contribution >= 0.6 is 0 Å². The molecule has 0 aliphatic rings. The van der Waals surface area contributed by atoms with Gasteiger partial charge in [0.2, 0.25) is 0 Å². The predicted molar refractivity (Wildman–Crippen MR) is 127 cm³/mol. The zero-order chi connectivity index (χ0) is 26.0. The molecule has 0 fully saturated rings. The van der Waals surface area contributed by atoms with Gasteiger partial charge in [0.15, 0.2) is 0 Å². The zero-order valence-electron chi connectivity index (χ0n) is 18.0. The van der Waals surface area contributed by atoms with Crippen LogP contribution in [0.4, 0.5) is 0 Å². The third-order valence-electron chi connectivity index (χ3n) is 6.35. The molecular weight excluding hydrogens is 472 g/mol. The van der Waals surface area contributed by atoms with E-state index in [1.165, 1.54) is 36.4 Å². The molecule has 0 heterocycles. The molecule has 5 aromatic rings. The highest BCUT2D eigenvalue weighted by molar-refractivity contribution is 6.38. The summed E-state index contributed by atoms with van der Waals surface area (Å²) in [5, 5.41) is 50.2. The molecule has 0 radical (unpaired) electrons. The van der Waals surface area contributed by atoms with Crippen LogP contribution < -0.4 is 0 Å². The smallest absolute Gasteiger partial charge is 0.336 e. The van der Waals surface area contributed by atoms with Gasteiger partial charge in [-0.2, -0.15) is 0 Å². The molecule has 36 heavy (non-hydrogen) atoms. The van der Waals surface area contributed by atoms with Crippen LogP contribution in [-0.4, -0.2) is 55.4 Å². The van der Waals surface area contributed by atoms with Gasteiger partial charge in [0.25, 0.3) is 0 Å². The third kappa shape index (κ3) is 3.01. The van der Waals surface area contributed by atoms with Crippen molar-refractivity contribution in [1.82, 2.24) is 0 Å². The molecule has 0 amide bonds. The van der Waals surface area contributed by atoms with Gasteiger partial charge in [-0.25, -0.2) is 19.2 Å². The van der Waals surface area contributed by atoms with Crippen molar-refractivity contribution in [3.05, 3.63) is 70.3 Å². The summed E-state index contributed by atoms with van der Waals surface area (Å²) in [6, 6.07) is 9.03. The van der Waals surface area contributed by atoms with Gasteiger partial charge in [-0.05, 0) is 62.1 Å². The van der Waals surface area contributed by atoms with E-state index in [0.717, 1.165) is 6.07 Å².